The van der Waals surface area contributed by atoms with Crippen LogP contribution < -0.4 is 4.72 Å². The number of benzene rings is 3. The first kappa shape index (κ1) is 27.6. The first-order valence-corrected chi connectivity index (χ1v) is 13.1. The number of carbonyl (C=O) groups excluding carboxylic acids is 1. The standard InChI is InChI=1S/C26H18Cl2F3N3O3S/c1-15-7-18(5-6-22(15)24(35)34-38(36)14-17-4-2-3-16(8-17)13-32)23-12-25(37-33-23,26(29,30)31)19-9-20(27)11-21(28)10-19/h2-11H,12,14H2,1H3,(H,34,35). The average Bonchev–Trinajstić information content (AvgIpc) is 3.30. The Labute approximate surface area is 228 Å². The Balaban J connectivity index is 1.51. The van der Waals surface area contributed by atoms with Gasteiger partial charge in [-0.2, -0.15) is 18.4 Å². The van der Waals surface area contributed by atoms with Crippen molar-refractivity contribution in [3.8, 4) is 6.07 Å². The molecule has 2 atom stereocenters. The van der Waals surface area contributed by atoms with Gasteiger partial charge < -0.3 is 4.84 Å². The van der Waals surface area contributed by atoms with Crippen molar-refractivity contribution in [1.82, 2.24) is 4.72 Å². The summed E-state index contributed by atoms with van der Waals surface area (Å²) in [4.78, 5) is 17.7. The third-order valence-electron chi connectivity index (χ3n) is 5.88. The zero-order chi connectivity index (χ0) is 27.7. The second-order valence-corrected chi connectivity index (χ2v) is 10.6. The molecule has 1 N–H and O–H groups in total. The Morgan fingerprint density at radius 1 is 1.16 bits per heavy atom. The van der Waals surface area contributed by atoms with E-state index in [0.29, 0.717) is 22.3 Å². The molecule has 1 heterocycles. The van der Waals surface area contributed by atoms with Crippen LogP contribution in [0.4, 0.5) is 13.2 Å². The highest BCUT2D eigenvalue weighted by Crippen LogP contribution is 2.49. The number of oxime groups is 1. The summed E-state index contributed by atoms with van der Waals surface area (Å²) in [6, 6.07) is 16.5. The van der Waals surface area contributed by atoms with Crippen molar-refractivity contribution in [2.75, 3.05) is 0 Å². The van der Waals surface area contributed by atoms with Crippen LogP contribution in [0, 0.1) is 18.3 Å². The van der Waals surface area contributed by atoms with Crippen LogP contribution in [0.3, 0.4) is 0 Å². The third kappa shape index (κ3) is 5.70. The Morgan fingerprint density at radius 2 is 1.87 bits per heavy atom. The Morgan fingerprint density at radius 3 is 2.50 bits per heavy atom. The van der Waals surface area contributed by atoms with Crippen molar-refractivity contribution in [1.29, 1.82) is 5.26 Å². The number of rotatable bonds is 6. The molecule has 1 amide bonds. The van der Waals surface area contributed by atoms with Crippen molar-refractivity contribution >= 4 is 45.8 Å². The highest BCUT2D eigenvalue weighted by Gasteiger charge is 2.62. The van der Waals surface area contributed by atoms with E-state index in [9.17, 15) is 22.2 Å². The number of carbonyl (C=O) groups is 1. The van der Waals surface area contributed by atoms with Crippen LogP contribution in [-0.4, -0.2) is 22.0 Å². The summed E-state index contributed by atoms with van der Waals surface area (Å²) in [5.41, 5.74) is -1.07. The number of alkyl halides is 3. The number of aryl methyl sites for hydroxylation is 1. The number of nitrogens with one attached hydrogen (secondary N) is 1. The lowest BCUT2D eigenvalue weighted by Crippen LogP contribution is -2.42. The summed E-state index contributed by atoms with van der Waals surface area (Å²) in [5.74, 6) is -0.619. The van der Waals surface area contributed by atoms with Gasteiger partial charge in [-0.3, -0.25) is 9.52 Å². The number of halogens is 5. The zero-order valence-corrected chi connectivity index (χ0v) is 21.9. The van der Waals surface area contributed by atoms with Crippen molar-refractivity contribution < 1.29 is 27.0 Å². The van der Waals surface area contributed by atoms with Gasteiger partial charge >= 0.3 is 6.18 Å². The molecule has 4 rings (SSSR count). The lowest BCUT2D eigenvalue weighted by molar-refractivity contribution is -0.275. The predicted molar refractivity (Wildman–Crippen MR) is 138 cm³/mol. The Kier molecular flexibility index (Phi) is 7.83. The van der Waals surface area contributed by atoms with E-state index in [4.69, 9.17) is 33.3 Å². The SMILES string of the molecule is Cc1cc(C2=NOC(c3cc(Cl)cc(Cl)c3)(C(F)(F)F)C2)ccc1C(=O)NS(=O)Cc1cccc(C#N)c1. The highest BCUT2D eigenvalue weighted by atomic mass is 35.5. The minimum Gasteiger partial charge on any atom is -0.374 e. The molecule has 0 radical (unpaired) electrons. The number of amides is 1. The normalized spacial score (nSPS) is 17.8. The summed E-state index contributed by atoms with van der Waals surface area (Å²) < 4.78 is 57.6. The van der Waals surface area contributed by atoms with Crippen LogP contribution in [0.15, 0.2) is 65.8 Å². The van der Waals surface area contributed by atoms with Gasteiger partial charge in [0, 0.05) is 27.6 Å². The Bertz CT molecular complexity index is 1500. The van der Waals surface area contributed by atoms with E-state index in [1.807, 2.05) is 6.07 Å². The summed E-state index contributed by atoms with van der Waals surface area (Å²) in [6.45, 7) is 1.60. The van der Waals surface area contributed by atoms with E-state index in [0.717, 1.165) is 12.1 Å². The van der Waals surface area contributed by atoms with Gasteiger partial charge in [0.05, 0.1) is 23.1 Å². The summed E-state index contributed by atoms with van der Waals surface area (Å²) in [6.07, 6.45) is -5.47. The van der Waals surface area contributed by atoms with Crippen molar-refractivity contribution in [2.24, 2.45) is 5.16 Å². The van der Waals surface area contributed by atoms with Crippen LogP contribution in [0.2, 0.25) is 10.0 Å². The van der Waals surface area contributed by atoms with Crippen molar-refractivity contribution in [2.45, 2.75) is 30.9 Å². The van der Waals surface area contributed by atoms with Crippen LogP contribution in [0.1, 0.15) is 44.6 Å². The number of nitrogens with zero attached hydrogens (tertiary/aromatic N) is 2. The lowest BCUT2D eigenvalue weighted by atomic mass is 9.86. The molecular weight excluding hydrogens is 562 g/mol. The fourth-order valence-corrected chi connectivity index (χ4v) is 5.42. The van der Waals surface area contributed by atoms with Gasteiger partial charge in [0.1, 0.15) is 11.0 Å². The molecule has 0 saturated heterocycles. The smallest absolute Gasteiger partial charge is 0.374 e. The average molecular weight is 580 g/mol. The highest BCUT2D eigenvalue weighted by molar-refractivity contribution is 7.82. The van der Waals surface area contributed by atoms with Gasteiger partial charge in [0.2, 0.25) is 0 Å². The molecule has 1 aliphatic heterocycles. The molecule has 1 aliphatic rings. The van der Waals surface area contributed by atoms with E-state index >= 15 is 0 Å². The van der Waals surface area contributed by atoms with Crippen LogP contribution in [0.5, 0.6) is 0 Å². The van der Waals surface area contributed by atoms with Gasteiger partial charge in [-0.15, -0.1) is 0 Å². The maximum atomic E-state index is 14.2. The maximum absolute atomic E-state index is 14.2. The molecule has 3 aromatic rings. The minimum absolute atomic E-state index is 0.000417. The van der Waals surface area contributed by atoms with Gasteiger partial charge in [-0.1, -0.05) is 46.6 Å². The van der Waals surface area contributed by atoms with Gasteiger partial charge in [-0.25, -0.2) is 4.21 Å². The molecule has 196 valence electrons. The summed E-state index contributed by atoms with van der Waals surface area (Å²) in [7, 11) is -1.77. The van der Waals surface area contributed by atoms with E-state index in [1.54, 1.807) is 31.2 Å². The molecule has 0 aromatic heterocycles. The molecule has 0 aliphatic carbocycles. The summed E-state index contributed by atoms with van der Waals surface area (Å²) in [5, 5.41) is 12.8. The van der Waals surface area contributed by atoms with Crippen LogP contribution in [0.25, 0.3) is 0 Å². The fraction of sp³-hybridized carbons (Fsp3) is 0.192. The van der Waals surface area contributed by atoms with Crippen molar-refractivity contribution in [3.63, 3.8) is 0 Å². The molecule has 2 unspecified atom stereocenters. The molecule has 0 fully saturated rings. The molecule has 12 heteroatoms. The van der Waals surface area contributed by atoms with E-state index in [1.165, 1.54) is 24.3 Å². The Hall–Kier alpha value is -3.39. The number of hydrogen-bond acceptors (Lipinski definition) is 5. The van der Waals surface area contributed by atoms with Gasteiger partial charge in [-0.05, 0) is 66.1 Å². The second kappa shape index (κ2) is 10.8. The molecule has 6 nitrogen and oxygen atoms in total. The second-order valence-electron chi connectivity index (χ2n) is 8.55. The predicted octanol–water partition coefficient (Wildman–Crippen LogP) is 6.35. The maximum Gasteiger partial charge on any atom is 0.435 e. The van der Waals surface area contributed by atoms with E-state index in [2.05, 4.69) is 9.88 Å². The monoisotopic (exact) mass is 579 g/mol. The fourth-order valence-electron chi connectivity index (χ4n) is 4.02. The van der Waals surface area contributed by atoms with Crippen LogP contribution in [-0.2, 0) is 27.2 Å². The quantitative estimate of drug-likeness (QED) is 0.368. The minimum atomic E-state index is -4.84. The largest absolute Gasteiger partial charge is 0.435 e. The molecule has 0 saturated carbocycles. The van der Waals surface area contributed by atoms with Gasteiger partial charge in [0.15, 0.2) is 0 Å². The molecular formula is C26H18Cl2F3N3O3S. The number of nitriles is 1. The summed E-state index contributed by atoms with van der Waals surface area (Å²) >= 11 is 11.9. The topological polar surface area (TPSA) is 91.5 Å². The van der Waals surface area contributed by atoms with E-state index in [-0.39, 0.29) is 32.6 Å². The molecule has 3 aromatic carbocycles. The first-order chi connectivity index (χ1) is 17.9. The number of hydrogen-bond donors (Lipinski definition) is 1. The van der Waals surface area contributed by atoms with Gasteiger partial charge in [0.25, 0.3) is 11.5 Å². The van der Waals surface area contributed by atoms with E-state index < -0.39 is 35.1 Å². The third-order valence-corrected chi connectivity index (χ3v) is 7.32. The lowest BCUT2D eigenvalue weighted by Gasteiger charge is -2.29. The van der Waals surface area contributed by atoms with Crippen molar-refractivity contribution in [3.05, 3.63) is 104 Å². The zero-order valence-electron chi connectivity index (χ0n) is 19.6. The molecule has 0 bridgehead atoms. The van der Waals surface area contributed by atoms with Crippen LogP contribution >= 0.6 is 23.2 Å². The first-order valence-electron chi connectivity index (χ1n) is 11.0. The molecule has 38 heavy (non-hydrogen) atoms. The molecule has 0 spiro atoms.